The van der Waals surface area contributed by atoms with Crippen molar-refractivity contribution >= 4 is 5.91 Å². The van der Waals surface area contributed by atoms with E-state index in [1.807, 2.05) is 63.2 Å². The van der Waals surface area contributed by atoms with Crippen LogP contribution in [0.2, 0.25) is 0 Å². The molecule has 2 aromatic carbocycles. The van der Waals surface area contributed by atoms with Crippen molar-refractivity contribution in [1.82, 2.24) is 15.0 Å². The van der Waals surface area contributed by atoms with Crippen molar-refractivity contribution < 1.29 is 14.1 Å². The first-order chi connectivity index (χ1) is 13.3. The molecule has 1 atom stereocenters. The predicted molar refractivity (Wildman–Crippen MR) is 107 cm³/mol. The lowest BCUT2D eigenvalue weighted by molar-refractivity contribution is -0.137. The van der Waals surface area contributed by atoms with E-state index in [0.717, 1.165) is 22.3 Å². The number of benzene rings is 2. The number of rotatable bonds is 6. The Morgan fingerprint density at radius 2 is 1.89 bits per heavy atom. The Morgan fingerprint density at radius 1 is 1.14 bits per heavy atom. The molecule has 146 valence electrons. The molecular formula is C22H25N3O3. The van der Waals surface area contributed by atoms with Crippen molar-refractivity contribution in [3.63, 3.8) is 0 Å². The van der Waals surface area contributed by atoms with Crippen LogP contribution in [0.5, 0.6) is 5.75 Å². The predicted octanol–water partition coefficient (Wildman–Crippen LogP) is 4.09. The molecular weight excluding hydrogens is 354 g/mol. The number of carbonyl (C=O) groups excluding carboxylic acids is 1. The Bertz CT molecular complexity index is 981. The Kier molecular flexibility index (Phi) is 5.78. The van der Waals surface area contributed by atoms with Crippen molar-refractivity contribution in [3.8, 4) is 17.1 Å². The van der Waals surface area contributed by atoms with Crippen LogP contribution in [-0.2, 0) is 11.3 Å². The fraction of sp³-hybridized carbons (Fsp3) is 0.318. The smallest absolute Gasteiger partial charge is 0.263 e. The minimum Gasteiger partial charge on any atom is -0.481 e. The molecule has 0 N–H and O–H groups in total. The Balaban J connectivity index is 1.65. The number of aromatic nitrogens is 2. The molecule has 0 saturated carbocycles. The van der Waals surface area contributed by atoms with Gasteiger partial charge in [-0.3, -0.25) is 4.79 Å². The van der Waals surface area contributed by atoms with Crippen LogP contribution in [0, 0.1) is 20.8 Å². The van der Waals surface area contributed by atoms with Crippen LogP contribution in [-0.4, -0.2) is 34.1 Å². The lowest BCUT2D eigenvalue weighted by Crippen LogP contribution is -2.37. The van der Waals surface area contributed by atoms with Crippen LogP contribution < -0.4 is 4.74 Å². The maximum atomic E-state index is 12.7. The number of amides is 1. The fourth-order valence-electron chi connectivity index (χ4n) is 2.89. The molecule has 1 unspecified atom stereocenters. The van der Waals surface area contributed by atoms with Gasteiger partial charge in [-0.15, -0.1) is 0 Å². The van der Waals surface area contributed by atoms with Gasteiger partial charge in [-0.2, -0.15) is 4.98 Å². The lowest BCUT2D eigenvalue weighted by atomic mass is 10.1. The molecule has 3 aromatic rings. The standard InChI is InChI=1S/C22H25N3O3/c1-14-7-6-8-18(11-14)21-23-20(28-24-21)13-25(5)22(26)17(4)27-19-12-15(2)9-10-16(19)3/h6-12,17H,13H2,1-5H3. The van der Waals surface area contributed by atoms with Crippen LogP contribution in [0.15, 0.2) is 47.0 Å². The summed E-state index contributed by atoms with van der Waals surface area (Å²) in [4.78, 5) is 18.6. The van der Waals surface area contributed by atoms with Gasteiger partial charge in [0.15, 0.2) is 6.10 Å². The molecule has 0 aliphatic carbocycles. The highest BCUT2D eigenvalue weighted by Crippen LogP contribution is 2.21. The first kappa shape index (κ1) is 19.6. The molecule has 6 heteroatoms. The van der Waals surface area contributed by atoms with Crippen LogP contribution in [0.1, 0.15) is 29.5 Å². The Hall–Kier alpha value is -3.15. The normalized spacial score (nSPS) is 11.9. The molecule has 0 radical (unpaired) electrons. The van der Waals surface area contributed by atoms with E-state index in [1.54, 1.807) is 14.0 Å². The van der Waals surface area contributed by atoms with E-state index in [-0.39, 0.29) is 12.5 Å². The lowest BCUT2D eigenvalue weighted by Gasteiger charge is -2.21. The molecule has 28 heavy (non-hydrogen) atoms. The van der Waals surface area contributed by atoms with Gasteiger partial charge < -0.3 is 14.2 Å². The van der Waals surface area contributed by atoms with E-state index in [1.165, 1.54) is 4.90 Å². The maximum Gasteiger partial charge on any atom is 0.263 e. The second-order valence-electron chi connectivity index (χ2n) is 7.10. The SMILES string of the molecule is Cc1cccc(-c2noc(CN(C)C(=O)C(C)Oc3cc(C)ccc3C)n2)c1. The van der Waals surface area contributed by atoms with Gasteiger partial charge in [0.25, 0.3) is 5.91 Å². The highest BCUT2D eigenvalue weighted by molar-refractivity contribution is 5.80. The molecule has 0 spiro atoms. The van der Waals surface area contributed by atoms with Gasteiger partial charge in [-0.25, -0.2) is 0 Å². The van der Waals surface area contributed by atoms with Crippen molar-refractivity contribution in [2.24, 2.45) is 0 Å². The van der Waals surface area contributed by atoms with E-state index in [4.69, 9.17) is 9.26 Å². The number of carbonyl (C=O) groups is 1. The summed E-state index contributed by atoms with van der Waals surface area (Å²) in [6, 6.07) is 13.8. The second-order valence-corrected chi connectivity index (χ2v) is 7.10. The average molecular weight is 379 g/mol. The largest absolute Gasteiger partial charge is 0.481 e. The zero-order valence-corrected chi connectivity index (χ0v) is 16.9. The molecule has 0 saturated heterocycles. The van der Waals surface area contributed by atoms with Gasteiger partial charge in [0, 0.05) is 12.6 Å². The van der Waals surface area contributed by atoms with E-state index in [0.29, 0.717) is 17.5 Å². The highest BCUT2D eigenvalue weighted by atomic mass is 16.5. The number of nitrogens with zero attached hydrogens (tertiary/aromatic N) is 3. The van der Waals surface area contributed by atoms with Crippen molar-refractivity contribution in [2.45, 2.75) is 40.3 Å². The maximum absolute atomic E-state index is 12.7. The number of aryl methyl sites for hydroxylation is 3. The summed E-state index contributed by atoms with van der Waals surface area (Å²) in [5.41, 5.74) is 4.08. The molecule has 0 bridgehead atoms. The summed E-state index contributed by atoms with van der Waals surface area (Å²) in [5, 5.41) is 4.02. The molecule has 0 aliphatic heterocycles. The van der Waals surface area contributed by atoms with E-state index in [2.05, 4.69) is 10.1 Å². The zero-order valence-electron chi connectivity index (χ0n) is 16.9. The topological polar surface area (TPSA) is 68.5 Å². The van der Waals surface area contributed by atoms with Crippen molar-refractivity contribution in [1.29, 1.82) is 0 Å². The van der Waals surface area contributed by atoms with Gasteiger partial charge in [0.2, 0.25) is 11.7 Å². The molecule has 3 rings (SSSR count). The molecule has 1 heterocycles. The third-order valence-electron chi connectivity index (χ3n) is 4.49. The first-order valence-electron chi connectivity index (χ1n) is 9.22. The summed E-state index contributed by atoms with van der Waals surface area (Å²) >= 11 is 0. The summed E-state index contributed by atoms with van der Waals surface area (Å²) in [6.07, 6.45) is -0.621. The monoisotopic (exact) mass is 379 g/mol. The molecule has 1 amide bonds. The minimum absolute atomic E-state index is 0.156. The summed E-state index contributed by atoms with van der Waals surface area (Å²) in [6.45, 7) is 7.92. The Labute approximate surface area is 165 Å². The number of ether oxygens (including phenoxy) is 1. The van der Waals surface area contributed by atoms with E-state index >= 15 is 0 Å². The van der Waals surface area contributed by atoms with Crippen LogP contribution in [0.4, 0.5) is 0 Å². The third kappa shape index (κ3) is 4.57. The molecule has 1 aromatic heterocycles. The quantitative estimate of drug-likeness (QED) is 0.645. The molecule has 0 fully saturated rings. The number of hydrogen-bond donors (Lipinski definition) is 0. The van der Waals surface area contributed by atoms with Gasteiger partial charge >= 0.3 is 0 Å². The van der Waals surface area contributed by atoms with Crippen LogP contribution >= 0.6 is 0 Å². The minimum atomic E-state index is -0.621. The van der Waals surface area contributed by atoms with E-state index in [9.17, 15) is 4.79 Å². The van der Waals surface area contributed by atoms with Gasteiger partial charge in [-0.05, 0) is 51.0 Å². The molecule has 6 nitrogen and oxygen atoms in total. The summed E-state index contributed by atoms with van der Waals surface area (Å²) in [5.74, 6) is 1.45. The van der Waals surface area contributed by atoms with Crippen molar-refractivity contribution in [3.05, 3.63) is 65.0 Å². The van der Waals surface area contributed by atoms with Crippen LogP contribution in [0.3, 0.4) is 0 Å². The average Bonchev–Trinajstić information content (AvgIpc) is 3.12. The zero-order chi connectivity index (χ0) is 20.3. The van der Waals surface area contributed by atoms with Crippen molar-refractivity contribution in [2.75, 3.05) is 7.05 Å². The van der Waals surface area contributed by atoms with E-state index < -0.39 is 6.10 Å². The molecule has 0 aliphatic rings. The second kappa shape index (κ2) is 8.25. The third-order valence-corrected chi connectivity index (χ3v) is 4.49. The summed E-state index contributed by atoms with van der Waals surface area (Å²) in [7, 11) is 1.70. The Morgan fingerprint density at radius 3 is 2.64 bits per heavy atom. The number of hydrogen-bond acceptors (Lipinski definition) is 5. The van der Waals surface area contributed by atoms with Gasteiger partial charge in [0.1, 0.15) is 5.75 Å². The van der Waals surface area contributed by atoms with Gasteiger partial charge in [0.05, 0.1) is 6.54 Å². The number of likely N-dealkylation sites (N-methyl/N-ethyl adjacent to an activating group) is 1. The van der Waals surface area contributed by atoms with Crippen LogP contribution in [0.25, 0.3) is 11.4 Å². The first-order valence-corrected chi connectivity index (χ1v) is 9.22. The van der Waals surface area contributed by atoms with Gasteiger partial charge in [-0.1, -0.05) is 41.1 Å². The highest BCUT2D eigenvalue weighted by Gasteiger charge is 2.22. The fourth-order valence-corrected chi connectivity index (χ4v) is 2.89. The summed E-state index contributed by atoms with van der Waals surface area (Å²) < 4.78 is 11.2.